The summed E-state index contributed by atoms with van der Waals surface area (Å²) < 4.78 is 4.46. The van der Waals surface area contributed by atoms with Crippen molar-refractivity contribution >= 4 is 43.6 Å². The van der Waals surface area contributed by atoms with E-state index in [4.69, 9.17) is 0 Å². The molecule has 4 heteroatoms. The highest BCUT2D eigenvalue weighted by Crippen LogP contribution is 2.43. The van der Waals surface area contributed by atoms with E-state index in [-0.39, 0.29) is 0 Å². The van der Waals surface area contributed by atoms with E-state index in [0.29, 0.717) is 16.8 Å². The zero-order chi connectivity index (χ0) is 36.2. The highest BCUT2D eigenvalue weighted by atomic mass is 15.0. The Morgan fingerprint density at radius 1 is 0.333 bits per heavy atom. The second-order valence-corrected chi connectivity index (χ2v) is 13.5. The van der Waals surface area contributed by atoms with E-state index in [2.05, 4.69) is 124 Å². The molecule has 54 heavy (non-hydrogen) atoms. The average Bonchev–Trinajstić information content (AvgIpc) is 3.75. The molecule has 0 radical (unpaired) electrons. The number of hydrogen-bond acceptors (Lipinski definition) is 2. The van der Waals surface area contributed by atoms with E-state index in [1.165, 1.54) is 16.3 Å². The number of nitrogens with zero attached hydrogens (tertiary/aromatic N) is 4. The molecule has 0 aliphatic carbocycles. The van der Waals surface area contributed by atoms with Gasteiger partial charge in [-0.05, 0) is 76.9 Å². The molecule has 250 valence electrons. The first-order chi connectivity index (χ1) is 26.7. The van der Waals surface area contributed by atoms with Gasteiger partial charge in [0.25, 0.3) is 0 Å². The SMILES string of the molecule is N#Cc1c(-c2ccccc2)cc(-c2ccccc2)c(C#N)c1-n1c2ccccc2c2cc(-c3ccc4c(c3)c3ccccc3n4-c3ccccc3)ccc21. The van der Waals surface area contributed by atoms with E-state index in [1.54, 1.807) is 0 Å². The predicted octanol–water partition coefficient (Wildman–Crippen LogP) is 12.6. The molecule has 0 atom stereocenters. The Labute approximate surface area is 312 Å². The summed E-state index contributed by atoms with van der Waals surface area (Å²) in [5, 5.41) is 26.4. The molecule has 0 spiro atoms. The van der Waals surface area contributed by atoms with Gasteiger partial charge in [0.15, 0.2) is 0 Å². The van der Waals surface area contributed by atoms with Crippen molar-refractivity contribution in [2.24, 2.45) is 0 Å². The van der Waals surface area contributed by atoms with Crippen LogP contribution in [0.5, 0.6) is 0 Å². The minimum Gasteiger partial charge on any atom is -0.309 e. The van der Waals surface area contributed by atoms with Crippen LogP contribution in [0.15, 0.2) is 182 Å². The van der Waals surface area contributed by atoms with Crippen molar-refractivity contribution in [3.63, 3.8) is 0 Å². The monoisotopic (exact) mass is 686 g/mol. The van der Waals surface area contributed by atoms with Gasteiger partial charge in [0.1, 0.15) is 12.1 Å². The summed E-state index contributed by atoms with van der Waals surface area (Å²) in [5.74, 6) is 0. The van der Waals surface area contributed by atoms with Gasteiger partial charge < -0.3 is 9.13 Å². The maximum absolute atomic E-state index is 10.9. The van der Waals surface area contributed by atoms with Crippen molar-refractivity contribution in [2.45, 2.75) is 0 Å². The zero-order valence-electron chi connectivity index (χ0n) is 29.1. The normalized spacial score (nSPS) is 11.3. The van der Waals surface area contributed by atoms with Crippen LogP contribution in [0, 0.1) is 22.7 Å². The summed E-state index contributed by atoms with van der Waals surface area (Å²) in [4.78, 5) is 0. The lowest BCUT2D eigenvalue weighted by Crippen LogP contribution is -2.05. The van der Waals surface area contributed by atoms with Crippen molar-refractivity contribution < 1.29 is 0 Å². The maximum Gasteiger partial charge on any atom is 0.102 e. The highest BCUT2D eigenvalue weighted by Gasteiger charge is 2.25. The van der Waals surface area contributed by atoms with Gasteiger partial charge in [0.2, 0.25) is 0 Å². The molecule has 0 fully saturated rings. The molecule has 0 N–H and O–H groups in total. The van der Waals surface area contributed by atoms with Crippen molar-refractivity contribution in [1.29, 1.82) is 10.5 Å². The van der Waals surface area contributed by atoms with Crippen LogP contribution in [0.1, 0.15) is 11.1 Å². The molecule has 0 amide bonds. The minimum absolute atomic E-state index is 0.462. The Bertz CT molecular complexity index is 3080. The van der Waals surface area contributed by atoms with Crippen LogP contribution in [0.4, 0.5) is 0 Å². The van der Waals surface area contributed by atoms with Gasteiger partial charge in [-0.3, -0.25) is 0 Å². The largest absolute Gasteiger partial charge is 0.309 e. The van der Waals surface area contributed by atoms with E-state index >= 15 is 0 Å². The third-order valence-electron chi connectivity index (χ3n) is 10.6. The molecule has 0 saturated heterocycles. The minimum atomic E-state index is 0.462. The van der Waals surface area contributed by atoms with Crippen LogP contribution in [0.2, 0.25) is 0 Å². The van der Waals surface area contributed by atoms with Crippen LogP contribution in [0.3, 0.4) is 0 Å². The molecule has 0 unspecified atom stereocenters. The van der Waals surface area contributed by atoms with Crippen molar-refractivity contribution in [1.82, 2.24) is 9.13 Å². The third kappa shape index (κ3) is 4.76. The number of benzene rings is 8. The first-order valence-corrected chi connectivity index (χ1v) is 18.0. The molecule has 4 nitrogen and oxygen atoms in total. The Morgan fingerprint density at radius 2 is 0.741 bits per heavy atom. The quantitative estimate of drug-likeness (QED) is 0.181. The lowest BCUT2D eigenvalue weighted by Gasteiger charge is -2.19. The van der Waals surface area contributed by atoms with Gasteiger partial charge in [-0.25, -0.2) is 0 Å². The summed E-state index contributed by atoms with van der Waals surface area (Å²) in [6.07, 6.45) is 0. The van der Waals surface area contributed by atoms with Crippen LogP contribution in [0.25, 0.3) is 88.4 Å². The summed E-state index contributed by atoms with van der Waals surface area (Å²) in [6.45, 7) is 0. The molecule has 0 aliphatic rings. The lowest BCUT2D eigenvalue weighted by atomic mass is 9.89. The zero-order valence-corrected chi connectivity index (χ0v) is 29.1. The summed E-state index contributed by atoms with van der Waals surface area (Å²) in [6, 6.07) is 67.7. The summed E-state index contributed by atoms with van der Waals surface area (Å²) in [5.41, 5.74) is 12.5. The highest BCUT2D eigenvalue weighted by molar-refractivity contribution is 6.13. The van der Waals surface area contributed by atoms with Crippen molar-refractivity contribution in [3.05, 3.63) is 193 Å². The molecule has 8 aromatic carbocycles. The Balaban J connectivity index is 1.24. The molecule has 0 aliphatic heterocycles. The van der Waals surface area contributed by atoms with Gasteiger partial charge in [0, 0.05) is 38.4 Å². The second-order valence-electron chi connectivity index (χ2n) is 13.5. The van der Waals surface area contributed by atoms with Gasteiger partial charge in [-0.15, -0.1) is 0 Å². The maximum atomic E-state index is 10.9. The number of fused-ring (bicyclic) bond motifs is 6. The first kappa shape index (κ1) is 31.1. The molecule has 2 heterocycles. The third-order valence-corrected chi connectivity index (χ3v) is 10.6. The molecule has 0 bridgehead atoms. The van der Waals surface area contributed by atoms with Gasteiger partial charge in [-0.2, -0.15) is 10.5 Å². The summed E-state index contributed by atoms with van der Waals surface area (Å²) >= 11 is 0. The summed E-state index contributed by atoms with van der Waals surface area (Å²) in [7, 11) is 0. The van der Waals surface area contributed by atoms with E-state index in [9.17, 15) is 10.5 Å². The Kier molecular flexibility index (Phi) is 7.22. The lowest BCUT2D eigenvalue weighted by molar-refractivity contribution is 1.16. The first-order valence-electron chi connectivity index (χ1n) is 18.0. The Morgan fingerprint density at radius 3 is 1.24 bits per heavy atom. The van der Waals surface area contributed by atoms with Crippen LogP contribution < -0.4 is 0 Å². The van der Waals surface area contributed by atoms with Crippen LogP contribution in [-0.4, -0.2) is 9.13 Å². The smallest absolute Gasteiger partial charge is 0.102 e. The fourth-order valence-electron chi connectivity index (χ4n) is 8.21. The molecule has 10 aromatic rings. The molecule has 0 saturated carbocycles. The number of para-hydroxylation sites is 3. The standard InChI is InChI=1S/C50H30N4/c51-31-44-40(33-14-4-1-5-15-33)30-41(34-16-6-2-7-17-34)45(32-52)50(44)54-47-23-13-11-21-39(47)43-29-36(25-27-49(43)54)35-24-26-48-42(28-35)38-20-10-12-22-46(38)53(48)37-18-8-3-9-19-37/h1-30H. The van der Waals surface area contributed by atoms with E-state index in [1.807, 2.05) is 78.9 Å². The van der Waals surface area contributed by atoms with E-state index < -0.39 is 0 Å². The molecular formula is C50H30N4. The van der Waals surface area contributed by atoms with Crippen molar-refractivity contribution in [3.8, 4) is 56.9 Å². The fraction of sp³-hybridized carbons (Fsp3) is 0. The van der Waals surface area contributed by atoms with Gasteiger partial charge in [0.05, 0.1) is 38.9 Å². The average molecular weight is 687 g/mol. The Hall–Kier alpha value is -7.66. The molecule has 10 rings (SSSR count). The number of rotatable bonds is 5. The number of hydrogen-bond donors (Lipinski definition) is 0. The predicted molar refractivity (Wildman–Crippen MR) is 221 cm³/mol. The van der Waals surface area contributed by atoms with Gasteiger partial charge >= 0.3 is 0 Å². The molecule has 2 aromatic heterocycles. The fourth-order valence-corrected chi connectivity index (χ4v) is 8.21. The molecular weight excluding hydrogens is 657 g/mol. The van der Waals surface area contributed by atoms with Gasteiger partial charge in [-0.1, -0.05) is 127 Å². The topological polar surface area (TPSA) is 57.4 Å². The second kappa shape index (κ2) is 12.5. The van der Waals surface area contributed by atoms with E-state index in [0.717, 1.165) is 66.4 Å². The number of nitriles is 2. The van der Waals surface area contributed by atoms with Crippen LogP contribution >= 0.6 is 0 Å². The van der Waals surface area contributed by atoms with Crippen molar-refractivity contribution in [2.75, 3.05) is 0 Å². The number of aromatic nitrogens is 2. The van der Waals surface area contributed by atoms with Crippen LogP contribution in [-0.2, 0) is 0 Å².